The number of ketones is 2. The molecule has 3 aliphatic rings. The molecule has 132 valence electrons. The first-order valence-corrected chi connectivity index (χ1v) is 9.41. The minimum absolute atomic E-state index is 0.0491. The summed E-state index contributed by atoms with van der Waals surface area (Å²) in [6.45, 7) is 0. The van der Waals surface area contributed by atoms with Crippen molar-refractivity contribution >= 4 is 22.8 Å². The van der Waals surface area contributed by atoms with Gasteiger partial charge in [-0.1, -0.05) is 25.0 Å². The highest BCUT2D eigenvalue weighted by molar-refractivity contribution is 6.46. The number of nitrogens with one attached hydrogen (secondary N) is 1. The van der Waals surface area contributed by atoms with E-state index in [0.717, 1.165) is 41.7 Å². The van der Waals surface area contributed by atoms with Crippen molar-refractivity contribution in [2.45, 2.75) is 50.6 Å². The number of Topliss-reactive ketones (excluding diaryl/α,β-unsaturated/α-hetero) is 2. The van der Waals surface area contributed by atoms with Crippen LogP contribution in [0.5, 0.6) is 0 Å². The summed E-state index contributed by atoms with van der Waals surface area (Å²) in [5, 5.41) is 3.70. The van der Waals surface area contributed by atoms with Crippen LogP contribution in [0.25, 0.3) is 5.57 Å². The summed E-state index contributed by atoms with van der Waals surface area (Å²) in [6, 6.07) is 8.94. The van der Waals surface area contributed by atoms with Gasteiger partial charge in [0, 0.05) is 49.8 Å². The fourth-order valence-corrected chi connectivity index (χ4v) is 4.76. The van der Waals surface area contributed by atoms with Crippen LogP contribution in [0.1, 0.15) is 44.1 Å². The summed E-state index contributed by atoms with van der Waals surface area (Å²) in [5.41, 5.74) is 4.17. The summed E-state index contributed by atoms with van der Waals surface area (Å²) in [7, 11) is 4.05. The van der Waals surface area contributed by atoms with Crippen LogP contribution in [-0.4, -0.2) is 37.7 Å². The Morgan fingerprint density at radius 1 is 0.960 bits per heavy atom. The number of hydrogen-bond donors (Lipinski definition) is 1. The fourth-order valence-electron chi connectivity index (χ4n) is 4.76. The molecule has 1 aliphatic heterocycles. The Hall–Kier alpha value is -1.94. The van der Waals surface area contributed by atoms with Crippen molar-refractivity contribution in [2.75, 3.05) is 19.0 Å². The zero-order valence-electron chi connectivity index (χ0n) is 15.0. The second-order valence-corrected chi connectivity index (χ2v) is 7.78. The molecule has 4 nitrogen and oxygen atoms in total. The third-order valence-corrected chi connectivity index (χ3v) is 6.04. The van der Waals surface area contributed by atoms with Crippen LogP contribution >= 0.6 is 0 Å². The number of rotatable bonds is 2. The van der Waals surface area contributed by atoms with E-state index in [1.165, 1.54) is 12.8 Å². The van der Waals surface area contributed by atoms with Gasteiger partial charge >= 0.3 is 0 Å². The lowest BCUT2D eigenvalue weighted by Crippen LogP contribution is -2.53. The van der Waals surface area contributed by atoms with E-state index >= 15 is 0 Å². The molecule has 0 spiro atoms. The summed E-state index contributed by atoms with van der Waals surface area (Å²) >= 11 is 0. The third kappa shape index (κ3) is 2.82. The van der Waals surface area contributed by atoms with E-state index < -0.39 is 0 Å². The molecule has 0 bridgehead atoms. The van der Waals surface area contributed by atoms with Gasteiger partial charge in [-0.15, -0.1) is 0 Å². The standard InChI is InChI=1S/C21H26N2O2/c1-23(2)14-9-7-13(8-10-14)19-15-5-3-4-6-16(15)22-17-11-12-18(24)21(25)20(17)19/h7-10,15-17,22H,3-6,11-12H2,1-2H3. The average Bonchev–Trinajstić information content (AvgIpc) is 2.63. The maximum atomic E-state index is 12.7. The molecule has 4 heteroatoms. The van der Waals surface area contributed by atoms with Crippen LogP contribution in [0, 0.1) is 5.92 Å². The van der Waals surface area contributed by atoms with Gasteiger partial charge in [0.15, 0.2) is 0 Å². The zero-order valence-corrected chi connectivity index (χ0v) is 15.0. The molecule has 2 fully saturated rings. The van der Waals surface area contributed by atoms with Gasteiger partial charge in [0.25, 0.3) is 0 Å². The third-order valence-electron chi connectivity index (χ3n) is 6.04. The Kier molecular flexibility index (Phi) is 4.24. The molecule has 0 saturated heterocycles. The first kappa shape index (κ1) is 16.5. The molecule has 0 radical (unpaired) electrons. The van der Waals surface area contributed by atoms with Gasteiger partial charge in [0.1, 0.15) is 0 Å². The highest BCUT2D eigenvalue weighted by Crippen LogP contribution is 2.44. The number of benzene rings is 1. The fraction of sp³-hybridized carbons (Fsp3) is 0.524. The van der Waals surface area contributed by atoms with Crippen molar-refractivity contribution in [3.05, 3.63) is 35.4 Å². The van der Waals surface area contributed by atoms with E-state index in [1.54, 1.807) is 0 Å². The summed E-state index contributed by atoms with van der Waals surface area (Å²) in [5.74, 6) is -0.121. The SMILES string of the molecule is CN(C)c1ccc(C2=C3C(=O)C(=O)CCC3NC3CCCCC23)cc1. The minimum atomic E-state index is -0.251. The molecular formula is C21H26N2O2. The van der Waals surface area contributed by atoms with Gasteiger partial charge in [0.05, 0.1) is 0 Å². The van der Waals surface area contributed by atoms with Gasteiger partial charge in [-0.25, -0.2) is 0 Å². The molecule has 1 N–H and O–H groups in total. The van der Waals surface area contributed by atoms with Crippen molar-refractivity contribution in [2.24, 2.45) is 5.92 Å². The highest BCUT2D eigenvalue weighted by atomic mass is 16.2. The predicted molar refractivity (Wildman–Crippen MR) is 99.6 cm³/mol. The van der Waals surface area contributed by atoms with Crippen LogP contribution < -0.4 is 10.2 Å². The van der Waals surface area contributed by atoms with E-state index in [2.05, 4.69) is 34.5 Å². The topological polar surface area (TPSA) is 49.4 Å². The summed E-state index contributed by atoms with van der Waals surface area (Å²) in [4.78, 5) is 26.9. The van der Waals surface area contributed by atoms with Crippen molar-refractivity contribution < 1.29 is 9.59 Å². The Morgan fingerprint density at radius 3 is 2.40 bits per heavy atom. The summed E-state index contributed by atoms with van der Waals surface area (Å²) < 4.78 is 0. The summed E-state index contributed by atoms with van der Waals surface area (Å²) in [6.07, 6.45) is 5.83. The maximum Gasteiger partial charge on any atom is 0.226 e. The Labute approximate surface area is 149 Å². The predicted octanol–water partition coefficient (Wildman–Crippen LogP) is 2.97. The molecule has 25 heavy (non-hydrogen) atoms. The van der Waals surface area contributed by atoms with E-state index in [9.17, 15) is 9.59 Å². The normalized spacial score (nSPS) is 29.3. The van der Waals surface area contributed by atoms with Gasteiger partial charge in [-0.05, 0) is 42.5 Å². The van der Waals surface area contributed by atoms with E-state index in [1.807, 2.05) is 14.1 Å². The molecule has 0 aromatic heterocycles. The Morgan fingerprint density at radius 2 is 1.68 bits per heavy atom. The molecule has 3 atom stereocenters. The van der Waals surface area contributed by atoms with Crippen molar-refractivity contribution in [3.8, 4) is 0 Å². The minimum Gasteiger partial charge on any atom is -0.378 e. The quantitative estimate of drug-likeness (QED) is 0.842. The number of hydrogen-bond acceptors (Lipinski definition) is 4. The average molecular weight is 338 g/mol. The molecule has 2 saturated carbocycles. The maximum absolute atomic E-state index is 12.7. The van der Waals surface area contributed by atoms with Gasteiger partial charge in [-0.3, -0.25) is 9.59 Å². The first-order valence-electron chi connectivity index (χ1n) is 9.41. The van der Waals surface area contributed by atoms with E-state index in [0.29, 0.717) is 18.4 Å². The number of carbonyl (C=O) groups is 2. The molecule has 0 amide bonds. The van der Waals surface area contributed by atoms with Gasteiger partial charge in [0.2, 0.25) is 11.6 Å². The van der Waals surface area contributed by atoms with Crippen molar-refractivity contribution in [1.82, 2.24) is 5.32 Å². The highest BCUT2D eigenvalue weighted by Gasteiger charge is 2.43. The lowest BCUT2D eigenvalue weighted by molar-refractivity contribution is -0.135. The van der Waals surface area contributed by atoms with Crippen LogP contribution in [0.15, 0.2) is 29.8 Å². The number of nitrogens with zero attached hydrogens (tertiary/aromatic N) is 1. The lowest BCUT2D eigenvalue weighted by Gasteiger charge is -2.44. The van der Waals surface area contributed by atoms with Crippen molar-refractivity contribution in [3.63, 3.8) is 0 Å². The monoisotopic (exact) mass is 338 g/mol. The second kappa shape index (κ2) is 6.41. The first-order chi connectivity index (χ1) is 12.1. The number of carbonyl (C=O) groups excluding carboxylic acids is 2. The molecule has 4 rings (SSSR count). The van der Waals surface area contributed by atoms with Crippen molar-refractivity contribution in [1.29, 1.82) is 0 Å². The van der Waals surface area contributed by atoms with E-state index in [-0.39, 0.29) is 17.6 Å². The van der Waals surface area contributed by atoms with E-state index in [4.69, 9.17) is 0 Å². The van der Waals surface area contributed by atoms with Gasteiger partial charge < -0.3 is 10.2 Å². The molecule has 3 unspecified atom stereocenters. The Balaban J connectivity index is 1.84. The van der Waals surface area contributed by atoms with Gasteiger partial charge in [-0.2, -0.15) is 0 Å². The lowest BCUT2D eigenvalue weighted by atomic mass is 9.68. The molecule has 2 aliphatic carbocycles. The largest absolute Gasteiger partial charge is 0.378 e. The number of fused-ring (bicyclic) bond motifs is 2. The Bertz CT molecular complexity index is 733. The second-order valence-electron chi connectivity index (χ2n) is 7.78. The van der Waals surface area contributed by atoms with Crippen LogP contribution in [-0.2, 0) is 9.59 Å². The molecule has 1 heterocycles. The molecular weight excluding hydrogens is 312 g/mol. The zero-order chi connectivity index (χ0) is 17.6. The van der Waals surface area contributed by atoms with Crippen LogP contribution in [0.3, 0.4) is 0 Å². The smallest absolute Gasteiger partial charge is 0.226 e. The van der Waals surface area contributed by atoms with Crippen LogP contribution in [0.2, 0.25) is 0 Å². The van der Waals surface area contributed by atoms with Crippen LogP contribution in [0.4, 0.5) is 5.69 Å². The molecule has 1 aromatic carbocycles. The number of anilines is 1. The molecule has 1 aromatic rings.